The van der Waals surface area contributed by atoms with E-state index in [1.807, 2.05) is 36.4 Å². The van der Waals surface area contributed by atoms with E-state index in [-0.39, 0.29) is 17.3 Å². The summed E-state index contributed by atoms with van der Waals surface area (Å²) in [6, 6.07) is 21.3. The molecule has 0 unspecified atom stereocenters. The fourth-order valence-corrected chi connectivity index (χ4v) is 6.64. The van der Waals surface area contributed by atoms with Gasteiger partial charge in [-0.25, -0.2) is 0 Å². The van der Waals surface area contributed by atoms with E-state index in [0.717, 1.165) is 35.2 Å². The number of Topliss-reactive ketones (excluding diaryl/α,β-unsaturated/α-hetero) is 3. The van der Waals surface area contributed by atoms with E-state index in [2.05, 4.69) is 0 Å². The minimum absolute atomic E-state index is 0.328. The van der Waals surface area contributed by atoms with Gasteiger partial charge in [0.25, 0.3) is 0 Å². The van der Waals surface area contributed by atoms with E-state index in [9.17, 15) is 29.7 Å². The van der Waals surface area contributed by atoms with Crippen molar-refractivity contribution >= 4 is 25.3 Å². The largest absolute Gasteiger partial charge is 0.382 e. The van der Waals surface area contributed by atoms with E-state index in [1.54, 1.807) is 36.4 Å². The first-order valence-corrected chi connectivity index (χ1v) is 18.4. The molecular weight excluding hydrogens is 643 g/mol. The summed E-state index contributed by atoms with van der Waals surface area (Å²) < 4.78 is 18.0. The molecule has 0 aromatic heterocycles. The second-order valence-electron chi connectivity index (χ2n) is 13.8. The Hall–Kier alpha value is -3.14. The first kappa shape index (κ1) is 40.3. The molecule has 3 rings (SSSR count). The number of ketones is 3. The summed E-state index contributed by atoms with van der Waals surface area (Å²) in [5.74, 6) is -0.984. The van der Waals surface area contributed by atoms with Gasteiger partial charge < -0.3 is 29.5 Å². The van der Waals surface area contributed by atoms with Gasteiger partial charge in [0.2, 0.25) is 0 Å². The van der Waals surface area contributed by atoms with Gasteiger partial charge in [-0.05, 0) is 76.7 Å². The van der Waals surface area contributed by atoms with Crippen molar-refractivity contribution in [1.82, 2.24) is 0 Å². The fourth-order valence-electron chi connectivity index (χ4n) is 4.80. The Bertz CT molecular complexity index is 1310. The highest BCUT2D eigenvalue weighted by Crippen LogP contribution is 2.34. The molecule has 0 aliphatic carbocycles. The molecule has 0 heterocycles. The summed E-state index contributed by atoms with van der Waals surface area (Å²) in [7, 11) is -0.475. The lowest BCUT2D eigenvalue weighted by atomic mass is 9.96. The van der Waals surface area contributed by atoms with Gasteiger partial charge in [-0.15, -0.1) is 0 Å². The predicted molar refractivity (Wildman–Crippen MR) is 192 cm³/mol. The summed E-state index contributed by atoms with van der Waals surface area (Å²) in [6.07, 6.45) is 2.58. The first-order valence-electron chi connectivity index (χ1n) is 16.5. The number of rotatable bonds is 21. The van der Waals surface area contributed by atoms with Gasteiger partial charge in [-0.2, -0.15) is 0 Å². The molecular formula is C39H51O9P. The molecule has 49 heavy (non-hydrogen) atoms. The van der Waals surface area contributed by atoms with E-state index in [0.29, 0.717) is 56.3 Å². The van der Waals surface area contributed by atoms with Gasteiger partial charge in [0.05, 0.1) is 39.6 Å². The molecule has 10 heteroatoms. The van der Waals surface area contributed by atoms with Crippen LogP contribution in [0.1, 0.15) is 89.3 Å². The SMILES string of the molecule is CC(C)(O)C(=O)c1ccc(COCCP(CCOCc2ccc(C(=O)C(C)(C)O)cc2)CCOCc2ccc(C(=O)C(C)(C)O)cc2)cc1. The molecule has 0 bridgehead atoms. The molecule has 3 aromatic rings. The van der Waals surface area contributed by atoms with Crippen LogP contribution >= 0.6 is 7.92 Å². The number of hydrogen-bond donors (Lipinski definition) is 3. The number of aliphatic hydroxyl groups is 3. The highest BCUT2D eigenvalue weighted by Gasteiger charge is 2.26. The average molecular weight is 695 g/mol. The number of ether oxygens (including phenoxy) is 3. The van der Waals surface area contributed by atoms with Crippen LogP contribution in [0.4, 0.5) is 0 Å². The van der Waals surface area contributed by atoms with Crippen molar-refractivity contribution in [3.05, 3.63) is 106 Å². The van der Waals surface area contributed by atoms with Crippen LogP contribution in [0.5, 0.6) is 0 Å². The quantitative estimate of drug-likeness (QED) is 0.0698. The maximum Gasteiger partial charge on any atom is 0.193 e. The molecule has 0 saturated heterocycles. The smallest absolute Gasteiger partial charge is 0.193 e. The van der Waals surface area contributed by atoms with Crippen LogP contribution in [0, 0.1) is 0 Å². The zero-order valence-corrected chi connectivity index (χ0v) is 30.4. The number of carbonyl (C=O) groups is 3. The van der Waals surface area contributed by atoms with Crippen LogP contribution < -0.4 is 0 Å². The van der Waals surface area contributed by atoms with Gasteiger partial charge >= 0.3 is 0 Å². The molecule has 0 saturated carbocycles. The number of carbonyl (C=O) groups excluding carboxylic acids is 3. The van der Waals surface area contributed by atoms with E-state index in [4.69, 9.17) is 14.2 Å². The topological polar surface area (TPSA) is 140 Å². The van der Waals surface area contributed by atoms with Crippen molar-refractivity contribution in [2.75, 3.05) is 38.3 Å². The highest BCUT2D eigenvalue weighted by atomic mass is 31.1. The van der Waals surface area contributed by atoms with Crippen molar-refractivity contribution in [3.63, 3.8) is 0 Å². The molecule has 0 aliphatic heterocycles. The van der Waals surface area contributed by atoms with Crippen molar-refractivity contribution < 1.29 is 43.9 Å². The summed E-state index contributed by atoms with van der Waals surface area (Å²) in [4.78, 5) is 36.9. The Morgan fingerprint density at radius 2 is 0.694 bits per heavy atom. The van der Waals surface area contributed by atoms with E-state index in [1.165, 1.54) is 41.5 Å². The number of benzene rings is 3. The molecule has 0 radical (unpaired) electrons. The normalized spacial score (nSPS) is 12.4. The Morgan fingerprint density at radius 3 is 0.898 bits per heavy atom. The van der Waals surface area contributed by atoms with Crippen LogP contribution in [0.25, 0.3) is 0 Å². The molecule has 3 N–H and O–H groups in total. The van der Waals surface area contributed by atoms with Gasteiger partial charge in [-0.1, -0.05) is 80.7 Å². The summed E-state index contributed by atoms with van der Waals surface area (Å²) >= 11 is 0. The maximum atomic E-state index is 12.3. The van der Waals surface area contributed by atoms with Gasteiger partial charge in [0, 0.05) is 16.7 Å². The van der Waals surface area contributed by atoms with Crippen molar-refractivity contribution in [3.8, 4) is 0 Å². The minimum atomic E-state index is -1.42. The third-order valence-electron chi connectivity index (χ3n) is 7.78. The molecule has 266 valence electrons. The molecule has 0 fully saturated rings. The Kier molecular flexibility index (Phi) is 15.0. The lowest BCUT2D eigenvalue weighted by molar-refractivity contribution is 0.0487. The maximum absolute atomic E-state index is 12.3. The molecule has 0 amide bonds. The molecule has 9 nitrogen and oxygen atoms in total. The van der Waals surface area contributed by atoms with Crippen LogP contribution in [0.15, 0.2) is 72.8 Å². The van der Waals surface area contributed by atoms with E-state index >= 15 is 0 Å². The van der Waals surface area contributed by atoms with Crippen molar-refractivity contribution in [1.29, 1.82) is 0 Å². The van der Waals surface area contributed by atoms with Crippen molar-refractivity contribution in [2.24, 2.45) is 0 Å². The predicted octanol–water partition coefficient (Wildman–Crippen LogP) is 5.98. The molecule has 3 aromatic carbocycles. The first-order chi connectivity index (χ1) is 22.9. The second-order valence-corrected chi connectivity index (χ2v) is 16.4. The second kappa shape index (κ2) is 18.2. The van der Waals surface area contributed by atoms with E-state index < -0.39 is 24.7 Å². The average Bonchev–Trinajstić information content (AvgIpc) is 3.05. The lowest BCUT2D eigenvalue weighted by Crippen LogP contribution is -2.31. The third-order valence-corrected chi connectivity index (χ3v) is 10.2. The third kappa shape index (κ3) is 13.6. The molecule has 0 atom stereocenters. The monoisotopic (exact) mass is 694 g/mol. The van der Waals surface area contributed by atoms with Gasteiger partial charge in [0.15, 0.2) is 17.3 Å². The zero-order chi connectivity index (χ0) is 36.2. The van der Waals surface area contributed by atoms with Crippen LogP contribution in [0.2, 0.25) is 0 Å². The van der Waals surface area contributed by atoms with Crippen molar-refractivity contribution in [2.45, 2.75) is 78.2 Å². The molecule has 0 aliphatic rings. The van der Waals surface area contributed by atoms with Gasteiger partial charge in [-0.3, -0.25) is 14.4 Å². The van der Waals surface area contributed by atoms with Gasteiger partial charge in [0.1, 0.15) is 16.8 Å². The standard InChI is InChI=1S/C39H51O9P/c1-37(2,43)34(40)31-13-7-28(8-14-31)25-46-19-22-49(23-20-47-26-29-9-15-32(16-10-29)35(41)38(3,4)44)24-21-48-27-30-11-17-33(18-12-30)36(42)39(5,6)45/h7-18,43-45H,19-27H2,1-6H3. The summed E-state index contributed by atoms with van der Waals surface area (Å²) in [6.45, 7) is 11.7. The van der Waals surface area contributed by atoms with Crippen LogP contribution in [-0.2, 0) is 34.0 Å². The lowest BCUT2D eigenvalue weighted by Gasteiger charge is -2.19. The Balaban J connectivity index is 1.49. The summed E-state index contributed by atoms with van der Waals surface area (Å²) in [5, 5.41) is 29.9. The minimum Gasteiger partial charge on any atom is -0.382 e. The molecule has 0 spiro atoms. The van der Waals surface area contributed by atoms with Crippen LogP contribution in [-0.4, -0.2) is 87.8 Å². The zero-order valence-electron chi connectivity index (χ0n) is 29.5. The number of hydrogen-bond acceptors (Lipinski definition) is 9. The Labute approximate surface area is 291 Å². The fraction of sp³-hybridized carbons (Fsp3) is 0.462. The van der Waals surface area contributed by atoms with Crippen LogP contribution in [0.3, 0.4) is 0 Å². The summed E-state index contributed by atoms with van der Waals surface area (Å²) in [5.41, 5.74) is -0.0847. The Morgan fingerprint density at radius 1 is 0.469 bits per heavy atom. The highest BCUT2D eigenvalue weighted by molar-refractivity contribution is 7.57.